The number of carboxylic acid groups (broad SMARTS) is 1. The predicted molar refractivity (Wildman–Crippen MR) is 65.0 cm³/mol. The molecule has 0 aliphatic rings. The second-order valence-electron chi connectivity index (χ2n) is 3.89. The summed E-state index contributed by atoms with van der Waals surface area (Å²) in [5.41, 5.74) is 6.28. The van der Waals surface area contributed by atoms with Gasteiger partial charge in [-0.2, -0.15) is 0 Å². The lowest BCUT2D eigenvalue weighted by Gasteiger charge is -2.20. The van der Waals surface area contributed by atoms with Gasteiger partial charge in [0.2, 0.25) is 5.91 Å². The normalized spacial score (nSPS) is 11.9. The number of nitrogens with two attached hydrogens (primary N) is 1. The molecular weight excluding hydrogens is 220 g/mol. The summed E-state index contributed by atoms with van der Waals surface area (Å²) in [7, 11) is 1.64. The van der Waals surface area contributed by atoms with Crippen molar-refractivity contribution in [3.8, 4) is 0 Å². The first-order valence-electron chi connectivity index (χ1n) is 5.28. The van der Waals surface area contributed by atoms with E-state index < -0.39 is 5.97 Å². The Balaban J connectivity index is 2.86. The van der Waals surface area contributed by atoms with Crippen LogP contribution in [0.2, 0.25) is 0 Å². The molecule has 17 heavy (non-hydrogen) atoms. The first-order valence-corrected chi connectivity index (χ1v) is 5.28. The van der Waals surface area contributed by atoms with Gasteiger partial charge in [-0.1, -0.05) is 6.92 Å². The SMILES string of the molecule is CC(CN)C(=O)N(C)c1ccc(C(=O)O)cc1. The summed E-state index contributed by atoms with van der Waals surface area (Å²) < 4.78 is 0. The largest absolute Gasteiger partial charge is 0.478 e. The van der Waals surface area contributed by atoms with Crippen molar-refractivity contribution in [1.82, 2.24) is 0 Å². The van der Waals surface area contributed by atoms with Gasteiger partial charge in [-0.15, -0.1) is 0 Å². The van der Waals surface area contributed by atoms with Gasteiger partial charge in [-0.05, 0) is 24.3 Å². The van der Waals surface area contributed by atoms with Crippen molar-refractivity contribution in [3.05, 3.63) is 29.8 Å². The number of hydrogen-bond donors (Lipinski definition) is 2. The van der Waals surface area contributed by atoms with Gasteiger partial charge in [0.1, 0.15) is 0 Å². The molecule has 1 amide bonds. The van der Waals surface area contributed by atoms with Crippen molar-refractivity contribution in [2.24, 2.45) is 11.7 Å². The van der Waals surface area contributed by atoms with Crippen molar-refractivity contribution < 1.29 is 14.7 Å². The van der Waals surface area contributed by atoms with Crippen LogP contribution in [0.5, 0.6) is 0 Å². The maximum Gasteiger partial charge on any atom is 0.335 e. The minimum Gasteiger partial charge on any atom is -0.478 e. The molecule has 0 fully saturated rings. The molecule has 92 valence electrons. The fourth-order valence-electron chi connectivity index (χ4n) is 1.39. The molecule has 0 saturated heterocycles. The second-order valence-corrected chi connectivity index (χ2v) is 3.89. The molecule has 0 aromatic heterocycles. The van der Waals surface area contributed by atoms with Crippen molar-refractivity contribution in [1.29, 1.82) is 0 Å². The van der Waals surface area contributed by atoms with Crippen LogP contribution in [0.15, 0.2) is 24.3 Å². The first kappa shape index (κ1) is 13.2. The number of benzene rings is 1. The van der Waals surface area contributed by atoms with E-state index in [0.29, 0.717) is 5.69 Å². The maximum atomic E-state index is 11.8. The molecule has 1 aromatic rings. The fraction of sp³-hybridized carbons (Fsp3) is 0.333. The van der Waals surface area contributed by atoms with E-state index >= 15 is 0 Å². The molecule has 5 heteroatoms. The Morgan fingerprint density at radius 2 is 1.88 bits per heavy atom. The van der Waals surface area contributed by atoms with Crippen LogP contribution in [0.3, 0.4) is 0 Å². The number of aromatic carboxylic acids is 1. The zero-order valence-electron chi connectivity index (χ0n) is 9.88. The molecule has 0 saturated carbocycles. The second kappa shape index (κ2) is 5.45. The fourth-order valence-corrected chi connectivity index (χ4v) is 1.39. The number of anilines is 1. The van der Waals surface area contributed by atoms with Crippen LogP contribution in [-0.2, 0) is 4.79 Å². The summed E-state index contributed by atoms with van der Waals surface area (Å²) in [5, 5.41) is 8.75. The topological polar surface area (TPSA) is 83.6 Å². The van der Waals surface area contributed by atoms with Crippen molar-refractivity contribution in [2.45, 2.75) is 6.92 Å². The van der Waals surface area contributed by atoms with E-state index in [1.165, 1.54) is 17.0 Å². The molecule has 0 heterocycles. The Morgan fingerprint density at radius 3 is 2.29 bits per heavy atom. The van der Waals surface area contributed by atoms with Crippen LogP contribution >= 0.6 is 0 Å². The van der Waals surface area contributed by atoms with E-state index in [1.807, 2.05) is 0 Å². The van der Waals surface area contributed by atoms with Gasteiger partial charge in [-0.3, -0.25) is 4.79 Å². The molecule has 0 spiro atoms. The minimum absolute atomic E-state index is 0.0874. The summed E-state index contributed by atoms with van der Waals surface area (Å²) in [6.07, 6.45) is 0. The van der Waals surface area contributed by atoms with Gasteiger partial charge in [0.05, 0.1) is 5.56 Å². The standard InChI is InChI=1S/C12H16N2O3/c1-8(7-13)11(15)14(2)10-5-3-9(4-6-10)12(16)17/h3-6,8H,7,13H2,1-2H3,(H,16,17). The molecule has 0 aliphatic carbocycles. The smallest absolute Gasteiger partial charge is 0.335 e. The zero-order chi connectivity index (χ0) is 13.0. The molecule has 1 aromatic carbocycles. The van der Waals surface area contributed by atoms with Crippen LogP contribution in [0.4, 0.5) is 5.69 Å². The van der Waals surface area contributed by atoms with Crippen molar-refractivity contribution in [2.75, 3.05) is 18.5 Å². The number of carboxylic acids is 1. The van der Waals surface area contributed by atoms with Gasteiger partial charge in [-0.25, -0.2) is 4.79 Å². The van der Waals surface area contributed by atoms with Crippen LogP contribution in [-0.4, -0.2) is 30.6 Å². The van der Waals surface area contributed by atoms with Gasteiger partial charge in [0, 0.05) is 25.2 Å². The van der Waals surface area contributed by atoms with Crippen molar-refractivity contribution in [3.63, 3.8) is 0 Å². The zero-order valence-corrected chi connectivity index (χ0v) is 9.88. The number of carbonyl (C=O) groups is 2. The molecule has 0 aliphatic heterocycles. The Bertz CT molecular complexity index is 414. The summed E-state index contributed by atoms with van der Waals surface area (Å²) >= 11 is 0. The van der Waals surface area contributed by atoms with E-state index in [1.54, 1.807) is 26.1 Å². The van der Waals surface area contributed by atoms with Gasteiger partial charge < -0.3 is 15.7 Å². The third-order valence-electron chi connectivity index (χ3n) is 2.61. The monoisotopic (exact) mass is 236 g/mol. The van der Waals surface area contributed by atoms with Crippen LogP contribution in [0, 0.1) is 5.92 Å². The summed E-state index contributed by atoms with van der Waals surface area (Å²) in [4.78, 5) is 24.0. The molecule has 3 N–H and O–H groups in total. The Hall–Kier alpha value is -1.88. The lowest BCUT2D eigenvalue weighted by atomic mass is 10.1. The number of amides is 1. The number of hydrogen-bond acceptors (Lipinski definition) is 3. The lowest BCUT2D eigenvalue weighted by Crippen LogP contribution is -2.35. The van der Waals surface area contributed by atoms with E-state index in [4.69, 9.17) is 10.8 Å². The van der Waals surface area contributed by atoms with Gasteiger partial charge in [0.15, 0.2) is 0 Å². The number of rotatable bonds is 4. The minimum atomic E-state index is -0.985. The highest BCUT2D eigenvalue weighted by Gasteiger charge is 2.17. The van der Waals surface area contributed by atoms with E-state index in [9.17, 15) is 9.59 Å². The summed E-state index contributed by atoms with van der Waals surface area (Å²) in [6.45, 7) is 2.04. The highest BCUT2D eigenvalue weighted by atomic mass is 16.4. The van der Waals surface area contributed by atoms with E-state index in [0.717, 1.165) is 0 Å². The molecule has 1 rings (SSSR count). The van der Waals surface area contributed by atoms with Crippen LogP contribution in [0.25, 0.3) is 0 Å². The Kier molecular flexibility index (Phi) is 4.23. The Morgan fingerprint density at radius 1 is 1.35 bits per heavy atom. The lowest BCUT2D eigenvalue weighted by molar-refractivity contribution is -0.121. The molecule has 5 nitrogen and oxygen atoms in total. The molecule has 0 bridgehead atoms. The van der Waals surface area contributed by atoms with Crippen LogP contribution < -0.4 is 10.6 Å². The molecule has 1 unspecified atom stereocenters. The average Bonchev–Trinajstić information content (AvgIpc) is 2.36. The van der Waals surface area contributed by atoms with E-state index in [-0.39, 0.29) is 23.9 Å². The molecule has 0 radical (unpaired) electrons. The Labute approximate surface area is 99.8 Å². The average molecular weight is 236 g/mol. The molecule has 1 atom stereocenters. The van der Waals surface area contributed by atoms with Crippen molar-refractivity contribution >= 4 is 17.6 Å². The predicted octanol–water partition coefficient (Wildman–Crippen LogP) is 0.942. The first-order chi connectivity index (χ1) is 7.97. The highest BCUT2D eigenvalue weighted by molar-refractivity contribution is 5.95. The third-order valence-corrected chi connectivity index (χ3v) is 2.61. The third kappa shape index (κ3) is 3.04. The number of nitrogens with zero attached hydrogens (tertiary/aromatic N) is 1. The quantitative estimate of drug-likeness (QED) is 0.815. The van der Waals surface area contributed by atoms with Crippen LogP contribution in [0.1, 0.15) is 17.3 Å². The summed E-state index contributed by atoms with van der Waals surface area (Å²) in [6, 6.07) is 6.14. The van der Waals surface area contributed by atoms with Gasteiger partial charge >= 0.3 is 5.97 Å². The highest BCUT2D eigenvalue weighted by Crippen LogP contribution is 2.16. The number of carbonyl (C=O) groups excluding carboxylic acids is 1. The maximum absolute atomic E-state index is 11.8. The van der Waals surface area contributed by atoms with Gasteiger partial charge in [0.25, 0.3) is 0 Å². The molecular formula is C12H16N2O3. The summed E-state index contributed by atoms with van der Waals surface area (Å²) in [5.74, 6) is -1.32. The van der Waals surface area contributed by atoms with E-state index in [2.05, 4.69) is 0 Å².